The van der Waals surface area contributed by atoms with Gasteiger partial charge in [0.15, 0.2) is 6.61 Å². The van der Waals surface area contributed by atoms with Gasteiger partial charge in [-0.25, -0.2) is 17.2 Å². The molecule has 7 heteroatoms. The van der Waals surface area contributed by atoms with Gasteiger partial charge >= 0.3 is 0 Å². The van der Waals surface area contributed by atoms with Gasteiger partial charge in [-0.05, 0) is 24.3 Å². The summed E-state index contributed by atoms with van der Waals surface area (Å²) >= 11 is 0. The SMILES string of the molecule is CC(F)(F)COc1ccc(S(=O)(=O)Cl)cc1. The Kier molecular flexibility index (Phi) is 3.75. The third kappa shape index (κ3) is 4.32. The first-order valence-electron chi connectivity index (χ1n) is 4.24. The van der Waals surface area contributed by atoms with Crippen LogP contribution in [0.25, 0.3) is 0 Å². The van der Waals surface area contributed by atoms with Crippen LogP contribution >= 0.6 is 10.7 Å². The van der Waals surface area contributed by atoms with Crippen LogP contribution in [0.2, 0.25) is 0 Å². The quantitative estimate of drug-likeness (QED) is 0.790. The van der Waals surface area contributed by atoms with E-state index in [0.29, 0.717) is 0 Å². The minimum atomic E-state index is -3.79. The van der Waals surface area contributed by atoms with Crippen molar-refractivity contribution in [1.82, 2.24) is 0 Å². The number of ether oxygens (including phenoxy) is 1. The number of hydrogen-bond donors (Lipinski definition) is 0. The molecule has 0 atom stereocenters. The topological polar surface area (TPSA) is 43.4 Å². The summed E-state index contributed by atoms with van der Waals surface area (Å²) in [6, 6.07) is 4.90. The lowest BCUT2D eigenvalue weighted by Gasteiger charge is -2.11. The van der Waals surface area contributed by atoms with Gasteiger partial charge in [0.2, 0.25) is 0 Å². The smallest absolute Gasteiger partial charge is 0.278 e. The third-order valence-electron chi connectivity index (χ3n) is 1.60. The summed E-state index contributed by atoms with van der Waals surface area (Å²) in [6.45, 7) is -0.0371. The lowest BCUT2D eigenvalue weighted by Crippen LogP contribution is -2.20. The van der Waals surface area contributed by atoms with Crippen LogP contribution in [0, 0.1) is 0 Å². The number of rotatable bonds is 4. The lowest BCUT2D eigenvalue weighted by atomic mass is 10.3. The highest BCUT2D eigenvalue weighted by Crippen LogP contribution is 2.20. The van der Waals surface area contributed by atoms with E-state index in [0.717, 1.165) is 6.92 Å². The summed E-state index contributed by atoms with van der Waals surface area (Å²) in [7, 11) is 1.28. The maximum atomic E-state index is 12.4. The fourth-order valence-corrected chi connectivity index (χ4v) is 1.68. The molecule has 0 bridgehead atoms. The summed E-state index contributed by atoms with van der Waals surface area (Å²) in [5.74, 6) is -2.78. The Hall–Kier alpha value is -0.880. The van der Waals surface area contributed by atoms with Crippen molar-refractivity contribution in [2.24, 2.45) is 0 Å². The van der Waals surface area contributed by atoms with Gasteiger partial charge in [-0.15, -0.1) is 0 Å². The fourth-order valence-electron chi connectivity index (χ4n) is 0.908. The molecule has 0 aliphatic heterocycles. The van der Waals surface area contributed by atoms with Crippen molar-refractivity contribution in [3.63, 3.8) is 0 Å². The Morgan fingerprint density at radius 3 is 2.19 bits per heavy atom. The molecule has 0 N–H and O–H groups in total. The first-order chi connectivity index (χ1) is 7.18. The summed E-state index contributed by atoms with van der Waals surface area (Å²) in [5.41, 5.74) is 0. The highest BCUT2D eigenvalue weighted by Gasteiger charge is 2.22. The molecule has 3 nitrogen and oxygen atoms in total. The van der Waals surface area contributed by atoms with Crippen molar-refractivity contribution < 1.29 is 21.9 Å². The number of hydrogen-bond acceptors (Lipinski definition) is 3. The predicted octanol–water partition coefficient (Wildman–Crippen LogP) is 2.65. The molecule has 0 aromatic heterocycles. The number of halogens is 3. The van der Waals surface area contributed by atoms with E-state index in [1.165, 1.54) is 24.3 Å². The van der Waals surface area contributed by atoms with Gasteiger partial charge in [-0.2, -0.15) is 0 Å². The summed E-state index contributed by atoms with van der Waals surface area (Å²) < 4.78 is 51.4. The minimum absolute atomic E-state index is 0.107. The van der Waals surface area contributed by atoms with E-state index in [1.807, 2.05) is 0 Å². The van der Waals surface area contributed by atoms with Gasteiger partial charge in [0.1, 0.15) is 5.75 Å². The first-order valence-corrected chi connectivity index (χ1v) is 6.55. The van der Waals surface area contributed by atoms with Crippen LogP contribution in [0.4, 0.5) is 8.78 Å². The van der Waals surface area contributed by atoms with Gasteiger partial charge in [0, 0.05) is 17.6 Å². The molecular weight excluding hydrogens is 262 g/mol. The van der Waals surface area contributed by atoms with Crippen LogP contribution in [0.3, 0.4) is 0 Å². The second-order valence-corrected chi connectivity index (χ2v) is 5.83. The molecule has 0 aliphatic carbocycles. The second-order valence-electron chi connectivity index (χ2n) is 3.27. The summed E-state index contributed by atoms with van der Waals surface area (Å²) in [5, 5.41) is 0. The summed E-state index contributed by atoms with van der Waals surface area (Å²) in [4.78, 5) is -0.107. The molecule has 0 radical (unpaired) electrons. The molecule has 1 rings (SSSR count). The Labute approximate surface area is 96.4 Å². The van der Waals surface area contributed by atoms with Crippen molar-refractivity contribution in [2.75, 3.05) is 6.61 Å². The average molecular weight is 271 g/mol. The molecule has 0 aliphatic rings. The van der Waals surface area contributed by atoms with Crippen LogP contribution in [0.15, 0.2) is 29.2 Å². The van der Waals surface area contributed by atoms with E-state index in [9.17, 15) is 17.2 Å². The van der Waals surface area contributed by atoms with Gasteiger partial charge in [0.25, 0.3) is 15.0 Å². The van der Waals surface area contributed by atoms with Gasteiger partial charge < -0.3 is 4.74 Å². The molecular formula is C9H9ClF2O3S. The molecule has 0 heterocycles. The van der Waals surface area contributed by atoms with E-state index in [2.05, 4.69) is 0 Å². The van der Waals surface area contributed by atoms with Gasteiger partial charge in [-0.1, -0.05) is 0 Å². The predicted molar refractivity (Wildman–Crippen MR) is 55.6 cm³/mol. The average Bonchev–Trinajstić information content (AvgIpc) is 2.13. The normalized spacial score (nSPS) is 12.5. The highest BCUT2D eigenvalue weighted by molar-refractivity contribution is 8.13. The van der Waals surface area contributed by atoms with Crippen LogP contribution < -0.4 is 4.74 Å². The highest BCUT2D eigenvalue weighted by atomic mass is 35.7. The van der Waals surface area contributed by atoms with Gasteiger partial charge in [-0.3, -0.25) is 0 Å². The van der Waals surface area contributed by atoms with E-state index in [-0.39, 0.29) is 10.6 Å². The van der Waals surface area contributed by atoms with E-state index in [1.54, 1.807) is 0 Å². The molecule has 0 amide bonds. The van der Waals surface area contributed by atoms with E-state index >= 15 is 0 Å². The molecule has 0 spiro atoms. The molecule has 1 aromatic carbocycles. The molecule has 0 saturated heterocycles. The number of benzene rings is 1. The first kappa shape index (κ1) is 13.2. The monoisotopic (exact) mass is 270 g/mol. The maximum absolute atomic E-state index is 12.4. The largest absolute Gasteiger partial charge is 0.487 e. The second kappa shape index (κ2) is 4.55. The van der Waals surface area contributed by atoms with Crippen LogP contribution in [0.1, 0.15) is 6.92 Å². The Balaban J connectivity index is 2.73. The number of alkyl halides is 2. The Morgan fingerprint density at radius 2 is 1.81 bits per heavy atom. The fraction of sp³-hybridized carbons (Fsp3) is 0.333. The molecule has 16 heavy (non-hydrogen) atoms. The molecule has 0 unspecified atom stereocenters. The van der Waals surface area contributed by atoms with Crippen LogP contribution in [-0.4, -0.2) is 20.9 Å². The van der Waals surface area contributed by atoms with Gasteiger partial charge in [0.05, 0.1) is 4.90 Å². The zero-order valence-corrected chi connectivity index (χ0v) is 9.86. The van der Waals surface area contributed by atoms with Crippen molar-refractivity contribution in [2.45, 2.75) is 17.7 Å². The molecule has 0 saturated carbocycles. The van der Waals surface area contributed by atoms with E-state index in [4.69, 9.17) is 15.4 Å². The van der Waals surface area contributed by atoms with Crippen molar-refractivity contribution >= 4 is 19.7 Å². The van der Waals surface area contributed by atoms with Crippen molar-refractivity contribution in [1.29, 1.82) is 0 Å². The Bertz CT molecular complexity index is 451. The zero-order chi connectivity index (χ0) is 12.4. The molecule has 1 aromatic rings. The lowest BCUT2D eigenvalue weighted by molar-refractivity contribution is -0.0229. The molecule has 0 fully saturated rings. The van der Waals surface area contributed by atoms with Crippen molar-refractivity contribution in [3.05, 3.63) is 24.3 Å². The standard InChI is InChI=1S/C9H9ClF2O3S/c1-9(11,12)6-15-7-2-4-8(5-3-7)16(10,13)14/h2-5H,6H2,1H3. The maximum Gasteiger partial charge on any atom is 0.278 e. The Morgan fingerprint density at radius 1 is 1.31 bits per heavy atom. The zero-order valence-electron chi connectivity index (χ0n) is 8.28. The van der Waals surface area contributed by atoms with Crippen LogP contribution in [-0.2, 0) is 9.05 Å². The van der Waals surface area contributed by atoms with Crippen LogP contribution in [0.5, 0.6) is 5.75 Å². The minimum Gasteiger partial charge on any atom is -0.487 e. The molecule has 90 valence electrons. The van der Waals surface area contributed by atoms with E-state index < -0.39 is 21.6 Å². The van der Waals surface area contributed by atoms with Crippen molar-refractivity contribution in [3.8, 4) is 5.75 Å². The summed E-state index contributed by atoms with van der Waals surface area (Å²) in [6.07, 6.45) is 0. The third-order valence-corrected chi connectivity index (χ3v) is 2.97.